The van der Waals surface area contributed by atoms with Gasteiger partial charge < -0.3 is 80.2 Å². The van der Waals surface area contributed by atoms with Crippen LogP contribution in [0.25, 0.3) is 0 Å². The molecule has 12 N–H and O–H groups in total. The minimum atomic E-state index is -1.69. The number of rotatable bonds is 11. The Morgan fingerprint density at radius 2 is 1.28 bits per heavy atom. The summed E-state index contributed by atoms with van der Waals surface area (Å²) in [5.41, 5.74) is -5.08. The Morgan fingerprint density at radius 3 is 1.83 bits per heavy atom. The molecule has 6 aliphatic rings. The van der Waals surface area contributed by atoms with Gasteiger partial charge in [-0.25, -0.2) is 0 Å². The predicted molar refractivity (Wildman–Crippen MR) is 205 cm³/mol. The van der Waals surface area contributed by atoms with Gasteiger partial charge in [0, 0.05) is 0 Å². The zero-order chi connectivity index (χ0) is 43.3. The van der Waals surface area contributed by atoms with Crippen LogP contribution in [0.3, 0.4) is 0 Å². The Labute approximate surface area is 342 Å². The maximum absolute atomic E-state index is 12.6. The molecule has 4 aliphatic carbocycles. The zero-order valence-electron chi connectivity index (χ0n) is 35.5. The quantitative estimate of drug-likeness (QED) is 0.115. The number of hydrogen-bond donors (Lipinski definition) is 12. The number of fused-ring (bicyclic) bond motifs is 5. The Morgan fingerprint density at radius 1 is 0.724 bits per heavy atom. The minimum absolute atomic E-state index is 0.0690. The molecule has 0 aromatic rings. The number of ether oxygens (including phenoxy) is 4. The lowest BCUT2D eigenvalue weighted by Crippen LogP contribution is -2.71. The second kappa shape index (κ2) is 16.2. The summed E-state index contributed by atoms with van der Waals surface area (Å²) in [4.78, 5) is 0. The van der Waals surface area contributed by atoms with Gasteiger partial charge in [-0.05, 0) is 117 Å². The molecule has 0 aromatic heterocycles. The van der Waals surface area contributed by atoms with Crippen molar-refractivity contribution in [2.24, 2.45) is 45.3 Å². The minimum Gasteiger partial charge on any atom is -0.394 e. The highest BCUT2D eigenvalue weighted by molar-refractivity contribution is 5.22. The molecule has 16 heteroatoms. The largest absolute Gasteiger partial charge is 0.394 e. The molecule has 1 unspecified atom stereocenters. The molecule has 6 fully saturated rings. The maximum atomic E-state index is 12.6. The van der Waals surface area contributed by atoms with E-state index in [1.807, 2.05) is 20.8 Å². The second-order valence-electron chi connectivity index (χ2n) is 21.1. The van der Waals surface area contributed by atoms with Crippen molar-refractivity contribution in [2.45, 2.75) is 204 Å². The van der Waals surface area contributed by atoms with Crippen LogP contribution in [0.4, 0.5) is 0 Å². The predicted octanol–water partition coefficient (Wildman–Crippen LogP) is -0.715. The fraction of sp³-hybridized carbons (Fsp3) is 1.00. The van der Waals surface area contributed by atoms with Gasteiger partial charge in [-0.3, -0.25) is 0 Å². The van der Waals surface area contributed by atoms with Crippen molar-refractivity contribution in [2.75, 3.05) is 13.2 Å². The Kier molecular flexibility index (Phi) is 13.1. The molecular formula is C42H74O16. The fourth-order valence-corrected chi connectivity index (χ4v) is 13.6. The van der Waals surface area contributed by atoms with Gasteiger partial charge in [-0.15, -0.1) is 0 Å². The summed E-state index contributed by atoms with van der Waals surface area (Å²) < 4.78 is 25.2. The van der Waals surface area contributed by atoms with Crippen LogP contribution in [0.2, 0.25) is 0 Å². The summed E-state index contributed by atoms with van der Waals surface area (Å²) >= 11 is 0. The van der Waals surface area contributed by atoms with E-state index in [1.165, 1.54) is 13.8 Å². The topological polar surface area (TPSA) is 280 Å². The van der Waals surface area contributed by atoms with Gasteiger partial charge in [0.2, 0.25) is 0 Å². The van der Waals surface area contributed by atoms with Gasteiger partial charge in [-0.2, -0.15) is 0 Å². The standard InChI is InChI=1S/C42H74O16/c1-37(2)25(46)10-12-39(5)24-15-20(45)27-19(42(8,14-11-26(47)38(3,4)54)58-36-33(53)31(51)29(49)23(18-44)57-36)9-13-40(27,6)41(24,7)16-21(34(37)39)55-35-32(52)30(50)28(48)22(17-43)56-35/h19-36,43-54H,9-18H2,1-8H3/t19-,20+,21-,22+,23+,24+,25-,26?,27-,28+,29+,30-,31-,32+,33+,34-,35+,36-,39+,40+,41+,42-/m0/s1. The molecule has 6 rings (SSSR count). The first kappa shape index (κ1) is 46.9. The summed E-state index contributed by atoms with van der Waals surface area (Å²) in [6.07, 6.45) is -15.1. The van der Waals surface area contributed by atoms with E-state index in [-0.39, 0.29) is 24.7 Å². The zero-order valence-corrected chi connectivity index (χ0v) is 35.5. The normalized spacial score (nSPS) is 52.2. The summed E-state index contributed by atoms with van der Waals surface area (Å²) in [5.74, 6) is -1.23. The van der Waals surface area contributed by atoms with Crippen molar-refractivity contribution in [3.05, 3.63) is 0 Å². The highest BCUT2D eigenvalue weighted by Crippen LogP contribution is 2.76. The van der Waals surface area contributed by atoms with E-state index in [4.69, 9.17) is 18.9 Å². The lowest BCUT2D eigenvalue weighted by atomic mass is 9.34. The van der Waals surface area contributed by atoms with Gasteiger partial charge >= 0.3 is 0 Å². The van der Waals surface area contributed by atoms with Gasteiger partial charge in [0.05, 0.1) is 48.8 Å². The van der Waals surface area contributed by atoms with Gasteiger partial charge in [0.1, 0.15) is 48.8 Å². The maximum Gasteiger partial charge on any atom is 0.187 e. The van der Waals surface area contributed by atoms with E-state index in [1.54, 1.807) is 0 Å². The smallest absolute Gasteiger partial charge is 0.187 e. The molecular weight excluding hydrogens is 760 g/mol. The van der Waals surface area contributed by atoms with E-state index in [0.29, 0.717) is 38.5 Å². The molecule has 338 valence electrons. The molecule has 2 saturated heterocycles. The highest BCUT2D eigenvalue weighted by atomic mass is 16.7. The van der Waals surface area contributed by atoms with Crippen LogP contribution in [0.1, 0.15) is 107 Å². The van der Waals surface area contributed by atoms with Crippen LogP contribution in [0, 0.1) is 45.3 Å². The van der Waals surface area contributed by atoms with E-state index >= 15 is 0 Å². The Balaban J connectivity index is 1.40. The summed E-state index contributed by atoms with van der Waals surface area (Å²) in [6.45, 7) is 14.1. The SMILES string of the molecule is CC(C)(O)C(O)CC[C@](C)(O[C@@H]1O[C@H](CO)[C@@H](O)[C@H](O)[C@H]1O)[C@H]1CC[C@]2(C)[C@@H]1[C@H](O)C[C@@H]1[C@@]3(C)CC[C@H](O)C(C)(C)[C@@H]3[C@@H](O[C@@H]3O[C@H](CO)[C@@H](O)[C@H](O)[C@H]3O)C[C@]12C. The third-order valence-electron chi connectivity index (χ3n) is 17.1. The molecule has 2 heterocycles. The molecule has 58 heavy (non-hydrogen) atoms. The molecule has 0 amide bonds. The number of aliphatic hydroxyl groups is 12. The monoisotopic (exact) mass is 834 g/mol. The first-order chi connectivity index (χ1) is 26.7. The second-order valence-corrected chi connectivity index (χ2v) is 21.1. The van der Waals surface area contributed by atoms with Gasteiger partial charge in [0.25, 0.3) is 0 Å². The van der Waals surface area contributed by atoms with Crippen molar-refractivity contribution in [3.8, 4) is 0 Å². The summed E-state index contributed by atoms with van der Waals surface area (Å²) in [6, 6.07) is 0. The van der Waals surface area contributed by atoms with Crippen LogP contribution in [0.5, 0.6) is 0 Å². The van der Waals surface area contributed by atoms with Crippen molar-refractivity contribution < 1.29 is 80.2 Å². The van der Waals surface area contributed by atoms with Crippen molar-refractivity contribution in [3.63, 3.8) is 0 Å². The summed E-state index contributed by atoms with van der Waals surface area (Å²) in [5, 5.41) is 131. The molecule has 22 atom stereocenters. The fourth-order valence-electron chi connectivity index (χ4n) is 13.6. The molecule has 0 spiro atoms. The van der Waals surface area contributed by atoms with Crippen LogP contribution < -0.4 is 0 Å². The van der Waals surface area contributed by atoms with Gasteiger partial charge in [-0.1, -0.05) is 34.6 Å². The molecule has 2 aliphatic heterocycles. The van der Waals surface area contributed by atoms with Crippen molar-refractivity contribution in [1.29, 1.82) is 0 Å². The van der Waals surface area contributed by atoms with Crippen molar-refractivity contribution >= 4 is 0 Å². The third-order valence-corrected chi connectivity index (χ3v) is 17.1. The average molecular weight is 835 g/mol. The van der Waals surface area contributed by atoms with Crippen molar-refractivity contribution in [1.82, 2.24) is 0 Å². The van der Waals surface area contributed by atoms with E-state index in [9.17, 15) is 61.3 Å². The number of aliphatic hydroxyl groups excluding tert-OH is 11. The third kappa shape index (κ3) is 7.43. The average Bonchev–Trinajstić information content (AvgIpc) is 3.54. The molecule has 0 radical (unpaired) electrons. The molecule has 16 nitrogen and oxygen atoms in total. The van der Waals surface area contributed by atoms with Crippen LogP contribution in [-0.2, 0) is 18.9 Å². The van der Waals surface area contributed by atoms with Crippen LogP contribution in [-0.4, -0.2) is 172 Å². The number of hydrogen-bond acceptors (Lipinski definition) is 16. The molecule has 0 bridgehead atoms. The van der Waals surface area contributed by atoms with E-state index < -0.39 is 144 Å². The highest BCUT2D eigenvalue weighted by Gasteiger charge is 2.74. The summed E-state index contributed by atoms with van der Waals surface area (Å²) in [7, 11) is 0. The molecule has 0 aromatic carbocycles. The Hall–Kier alpha value is -0.640. The van der Waals surface area contributed by atoms with Gasteiger partial charge in [0.15, 0.2) is 12.6 Å². The van der Waals surface area contributed by atoms with Crippen LogP contribution in [0.15, 0.2) is 0 Å². The van der Waals surface area contributed by atoms with E-state index in [2.05, 4.69) is 20.8 Å². The first-order valence-corrected chi connectivity index (χ1v) is 21.4. The lowest BCUT2D eigenvalue weighted by Gasteiger charge is -2.72. The lowest BCUT2D eigenvalue weighted by molar-refractivity contribution is -0.350. The van der Waals surface area contributed by atoms with Crippen LogP contribution >= 0.6 is 0 Å². The molecule has 4 saturated carbocycles. The van der Waals surface area contributed by atoms with E-state index in [0.717, 1.165) is 0 Å². The first-order valence-electron chi connectivity index (χ1n) is 21.4. The Bertz CT molecular complexity index is 1430.